The van der Waals surface area contributed by atoms with E-state index >= 15 is 0 Å². The summed E-state index contributed by atoms with van der Waals surface area (Å²) in [7, 11) is 0. The number of benzene rings is 2. The van der Waals surface area contributed by atoms with Gasteiger partial charge in [-0.3, -0.25) is 4.79 Å². The summed E-state index contributed by atoms with van der Waals surface area (Å²) in [5, 5.41) is 6.29. The molecule has 0 heterocycles. The number of carbonyl (C=O) groups excluding carboxylic acids is 1. The van der Waals surface area contributed by atoms with E-state index in [1.807, 2.05) is 37.3 Å². The summed E-state index contributed by atoms with van der Waals surface area (Å²) in [5.41, 5.74) is 4.14. The zero-order valence-electron chi connectivity index (χ0n) is 12.4. The first-order valence-corrected chi connectivity index (χ1v) is 7.65. The SMILES string of the molecule is CC(=O)Nc1ccc(NC(C)c2cccc(Br)c2)cc1C. The number of aryl methyl sites for hydroxylation is 1. The van der Waals surface area contributed by atoms with Crippen LogP contribution in [0.25, 0.3) is 0 Å². The number of nitrogens with one attached hydrogen (secondary N) is 2. The van der Waals surface area contributed by atoms with Crippen molar-refractivity contribution in [2.75, 3.05) is 10.6 Å². The van der Waals surface area contributed by atoms with Gasteiger partial charge in [-0.15, -0.1) is 0 Å². The van der Waals surface area contributed by atoms with Gasteiger partial charge in [0, 0.05) is 28.8 Å². The molecular weight excluding hydrogens is 328 g/mol. The van der Waals surface area contributed by atoms with Crippen LogP contribution in [0.15, 0.2) is 46.9 Å². The van der Waals surface area contributed by atoms with Crippen molar-refractivity contribution in [1.29, 1.82) is 0 Å². The quantitative estimate of drug-likeness (QED) is 0.827. The maximum Gasteiger partial charge on any atom is 0.221 e. The lowest BCUT2D eigenvalue weighted by atomic mass is 10.1. The van der Waals surface area contributed by atoms with Gasteiger partial charge >= 0.3 is 0 Å². The van der Waals surface area contributed by atoms with E-state index in [0.29, 0.717) is 0 Å². The zero-order valence-corrected chi connectivity index (χ0v) is 14.0. The number of anilines is 2. The van der Waals surface area contributed by atoms with Gasteiger partial charge in [0.05, 0.1) is 0 Å². The van der Waals surface area contributed by atoms with E-state index in [0.717, 1.165) is 21.4 Å². The standard InChI is InChI=1S/C17H19BrN2O/c1-11-9-16(7-8-17(11)20-13(3)21)19-12(2)14-5-4-6-15(18)10-14/h4-10,12,19H,1-3H3,(H,20,21). The van der Waals surface area contributed by atoms with Gasteiger partial charge in [-0.05, 0) is 55.3 Å². The van der Waals surface area contributed by atoms with E-state index in [1.165, 1.54) is 12.5 Å². The Kier molecular flexibility index (Phi) is 5.02. The summed E-state index contributed by atoms with van der Waals surface area (Å²) in [6, 6.07) is 14.4. The fourth-order valence-electron chi connectivity index (χ4n) is 2.19. The molecule has 1 atom stereocenters. The molecule has 4 heteroatoms. The first kappa shape index (κ1) is 15.6. The molecule has 0 spiro atoms. The Morgan fingerprint density at radius 3 is 2.57 bits per heavy atom. The molecular formula is C17H19BrN2O. The lowest BCUT2D eigenvalue weighted by molar-refractivity contribution is -0.114. The Bertz CT molecular complexity index is 655. The van der Waals surface area contributed by atoms with Gasteiger partial charge in [0.2, 0.25) is 5.91 Å². The van der Waals surface area contributed by atoms with Gasteiger partial charge in [-0.1, -0.05) is 28.1 Å². The summed E-state index contributed by atoms with van der Waals surface area (Å²) in [6.45, 7) is 5.63. The van der Waals surface area contributed by atoms with Crippen LogP contribution in [0.5, 0.6) is 0 Å². The third kappa shape index (κ3) is 4.33. The van der Waals surface area contributed by atoms with Crippen LogP contribution in [0.2, 0.25) is 0 Å². The summed E-state index contributed by atoms with van der Waals surface area (Å²) in [6.07, 6.45) is 0. The highest BCUT2D eigenvalue weighted by atomic mass is 79.9. The van der Waals surface area contributed by atoms with Crippen LogP contribution in [0.1, 0.15) is 31.0 Å². The minimum absolute atomic E-state index is 0.0543. The molecule has 0 aromatic heterocycles. The van der Waals surface area contributed by atoms with Crippen LogP contribution in [0.3, 0.4) is 0 Å². The zero-order chi connectivity index (χ0) is 15.4. The average Bonchev–Trinajstić information content (AvgIpc) is 2.41. The number of rotatable bonds is 4. The maximum atomic E-state index is 11.1. The van der Waals surface area contributed by atoms with Crippen LogP contribution < -0.4 is 10.6 Å². The van der Waals surface area contributed by atoms with Crippen LogP contribution in [-0.4, -0.2) is 5.91 Å². The Labute approximate surface area is 133 Å². The number of hydrogen-bond donors (Lipinski definition) is 2. The predicted octanol–water partition coefficient (Wildman–Crippen LogP) is 4.89. The van der Waals surface area contributed by atoms with Crippen molar-refractivity contribution in [3.63, 3.8) is 0 Å². The van der Waals surface area contributed by atoms with E-state index < -0.39 is 0 Å². The lowest BCUT2D eigenvalue weighted by Crippen LogP contribution is -2.09. The van der Waals surface area contributed by atoms with E-state index in [4.69, 9.17) is 0 Å². The molecule has 0 radical (unpaired) electrons. The topological polar surface area (TPSA) is 41.1 Å². The highest BCUT2D eigenvalue weighted by Crippen LogP contribution is 2.25. The number of halogens is 1. The highest BCUT2D eigenvalue weighted by molar-refractivity contribution is 9.10. The van der Waals surface area contributed by atoms with Gasteiger partial charge in [-0.25, -0.2) is 0 Å². The van der Waals surface area contributed by atoms with Crippen molar-refractivity contribution >= 4 is 33.2 Å². The number of amides is 1. The Balaban J connectivity index is 2.12. The second-order valence-corrected chi connectivity index (χ2v) is 6.05. The Morgan fingerprint density at radius 1 is 1.19 bits per heavy atom. The van der Waals surface area contributed by atoms with Crippen LogP contribution >= 0.6 is 15.9 Å². The molecule has 3 nitrogen and oxygen atoms in total. The number of hydrogen-bond acceptors (Lipinski definition) is 2. The largest absolute Gasteiger partial charge is 0.379 e. The summed E-state index contributed by atoms with van der Waals surface area (Å²) < 4.78 is 1.07. The van der Waals surface area contributed by atoms with Crippen molar-refractivity contribution in [1.82, 2.24) is 0 Å². The highest BCUT2D eigenvalue weighted by Gasteiger charge is 2.07. The van der Waals surface area contributed by atoms with Crippen molar-refractivity contribution in [3.8, 4) is 0 Å². The molecule has 2 rings (SSSR count). The van der Waals surface area contributed by atoms with Gasteiger partial charge in [0.1, 0.15) is 0 Å². The molecule has 0 bridgehead atoms. The van der Waals surface area contributed by atoms with Gasteiger partial charge in [-0.2, -0.15) is 0 Å². The lowest BCUT2D eigenvalue weighted by Gasteiger charge is -2.17. The van der Waals surface area contributed by atoms with Gasteiger partial charge in [0.25, 0.3) is 0 Å². The monoisotopic (exact) mass is 346 g/mol. The van der Waals surface area contributed by atoms with Crippen LogP contribution in [-0.2, 0) is 4.79 Å². The molecule has 0 fully saturated rings. The minimum Gasteiger partial charge on any atom is -0.379 e. The van der Waals surface area contributed by atoms with Crippen molar-refractivity contribution < 1.29 is 4.79 Å². The number of carbonyl (C=O) groups is 1. The maximum absolute atomic E-state index is 11.1. The smallest absolute Gasteiger partial charge is 0.221 e. The molecule has 110 valence electrons. The first-order valence-electron chi connectivity index (χ1n) is 6.86. The van der Waals surface area contributed by atoms with Crippen molar-refractivity contribution in [3.05, 3.63) is 58.1 Å². The summed E-state index contributed by atoms with van der Waals surface area (Å²) in [4.78, 5) is 11.1. The second-order valence-electron chi connectivity index (χ2n) is 5.13. The summed E-state index contributed by atoms with van der Waals surface area (Å²) >= 11 is 3.49. The summed E-state index contributed by atoms with van der Waals surface area (Å²) in [5.74, 6) is -0.0543. The normalized spacial score (nSPS) is 11.8. The third-order valence-corrected chi connectivity index (χ3v) is 3.76. The Morgan fingerprint density at radius 2 is 1.95 bits per heavy atom. The van der Waals surface area contributed by atoms with Gasteiger partial charge < -0.3 is 10.6 Å². The molecule has 1 amide bonds. The van der Waals surface area contributed by atoms with E-state index in [1.54, 1.807) is 0 Å². The first-order chi connectivity index (χ1) is 9.95. The Hall–Kier alpha value is -1.81. The fraction of sp³-hybridized carbons (Fsp3) is 0.235. The molecule has 21 heavy (non-hydrogen) atoms. The van der Waals surface area contributed by atoms with E-state index in [-0.39, 0.29) is 11.9 Å². The predicted molar refractivity (Wildman–Crippen MR) is 91.7 cm³/mol. The van der Waals surface area contributed by atoms with Gasteiger partial charge in [0.15, 0.2) is 0 Å². The molecule has 0 aliphatic carbocycles. The average molecular weight is 347 g/mol. The fourth-order valence-corrected chi connectivity index (χ4v) is 2.61. The molecule has 0 aliphatic heterocycles. The van der Waals surface area contributed by atoms with E-state index in [2.05, 4.69) is 45.6 Å². The molecule has 0 aliphatic rings. The van der Waals surface area contributed by atoms with Crippen molar-refractivity contribution in [2.45, 2.75) is 26.8 Å². The van der Waals surface area contributed by atoms with Crippen molar-refractivity contribution in [2.24, 2.45) is 0 Å². The molecule has 2 aromatic carbocycles. The van der Waals surface area contributed by atoms with Crippen LogP contribution in [0.4, 0.5) is 11.4 Å². The molecule has 2 aromatic rings. The van der Waals surface area contributed by atoms with Crippen LogP contribution in [0, 0.1) is 6.92 Å². The molecule has 2 N–H and O–H groups in total. The third-order valence-electron chi connectivity index (χ3n) is 3.27. The second kappa shape index (κ2) is 6.76. The molecule has 1 unspecified atom stereocenters. The van der Waals surface area contributed by atoms with E-state index in [9.17, 15) is 4.79 Å². The molecule has 0 saturated carbocycles. The molecule has 0 saturated heterocycles. The minimum atomic E-state index is -0.0543.